The second-order valence-electron chi connectivity index (χ2n) is 6.48. The van der Waals surface area contributed by atoms with Crippen LogP contribution in [-0.2, 0) is 6.54 Å². The molecule has 1 aromatic carbocycles. The second-order valence-corrected chi connectivity index (χ2v) is 6.48. The van der Waals surface area contributed by atoms with E-state index in [1.165, 1.54) is 36.8 Å². The molecule has 4 heteroatoms. The Morgan fingerprint density at radius 3 is 2.52 bits per heavy atom. The first-order chi connectivity index (χ1) is 9.65. The standard InChI is InChI=1S/C17H26N2O.ClH/c1-12-4-5-13(8-17(12)20-3)11-19(2)16-9-14-6-7-15(10-16)18-14;/h4-5,8,14-16,18H,6-7,9-11H2,1-3H3;1H. The van der Waals surface area contributed by atoms with Gasteiger partial charge in [-0.2, -0.15) is 0 Å². The monoisotopic (exact) mass is 310 g/mol. The summed E-state index contributed by atoms with van der Waals surface area (Å²) in [6.07, 6.45) is 5.34. The summed E-state index contributed by atoms with van der Waals surface area (Å²) in [6.45, 7) is 3.11. The van der Waals surface area contributed by atoms with Gasteiger partial charge in [0.25, 0.3) is 0 Å². The van der Waals surface area contributed by atoms with Crippen LogP contribution in [0.15, 0.2) is 18.2 Å². The maximum absolute atomic E-state index is 5.43. The normalized spacial score (nSPS) is 27.5. The van der Waals surface area contributed by atoms with Gasteiger partial charge in [-0.05, 0) is 56.8 Å². The van der Waals surface area contributed by atoms with Crippen LogP contribution >= 0.6 is 12.4 Å². The zero-order valence-corrected chi connectivity index (χ0v) is 14.1. The highest BCUT2D eigenvalue weighted by Gasteiger charge is 2.34. The molecule has 2 bridgehead atoms. The van der Waals surface area contributed by atoms with Gasteiger partial charge in [-0.15, -0.1) is 12.4 Å². The van der Waals surface area contributed by atoms with Crippen LogP contribution in [0.3, 0.4) is 0 Å². The number of ether oxygens (including phenoxy) is 1. The molecule has 3 nitrogen and oxygen atoms in total. The minimum atomic E-state index is 0. The molecule has 2 saturated heterocycles. The number of nitrogens with zero attached hydrogens (tertiary/aromatic N) is 1. The third-order valence-electron chi connectivity index (χ3n) is 4.98. The summed E-state index contributed by atoms with van der Waals surface area (Å²) in [5.41, 5.74) is 2.56. The Kier molecular flexibility index (Phi) is 5.53. The SMILES string of the molecule is COc1cc(CN(C)C2CC3CCC(C2)N3)ccc1C.Cl. The molecule has 0 radical (unpaired) electrons. The Bertz CT molecular complexity index is 468. The van der Waals surface area contributed by atoms with E-state index < -0.39 is 0 Å². The van der Waals surface area contributed by atoms with E-state index in [4.69, 9.17) is 4.74 Å². The predicted octanol–water partition coefficient (Wildman–Crippen LogP) is 3.14. The number of piperidine rings is 1. The van der Waals surface area contributed by atoms with Gasteiger partial charge in [0, 0.05) is 24.7 Å². The molecule has 2 aliphatic rings. The van der Waals surface area contributed by atoms with E-state index in [2.05, 4.69) is 42.4 Å². The van der Waals surface area contributed by atoms with Gasteiger partial charge in [-0.3, -0.25) is 4.90 Å². The zero-order valence-electron chi connectivity index (χ0n) is 13.3. The van der Waals surface area contributed by atoms with Crippen molar-refractivity contribution in [2.75, 3.05) is 14.2 Å². The molecule has 1 aromatic rings. The molecule has 2 atom stereocenters. The maximum atomic E-state index is 5.43. The minimum Gasteiger partial charge on any atom is -0.496 e. The van der Waals surface area contributed by atoms with Crippen molar-refractivity contribution < 1.29 is 4.74 Å². The van der Waals surface area contributed by atoms with Crippen molar-refractivity contribution in [1.29, 1.82) is 0 Å². The largest absolute Gasteiger partial charge is 0.496 e. The van der Waals surface area contributed by atoms with E-state index in [1.54, 1.807) is 7.11 Å². The molecule has 0 aromatic heterocycles. The first kappa shape index (κ1) is 16.6. The van der Waals surface area contributed by atoms with Crippen LogP contribution in [0.25, 0.3) is 0 Å². The summed E-state index contributed by atoms with van der Waals surface area (Å²) < 4.78 is 5.43. The van der Waals surface area contributed by atoms with Crippen molar-refractivity contribution in [2.24, 2.45) is 0 Å². The Hall–Kier alpha value is -0.770. The van der Waals surface area contributed by atoms with Gasteiger partial charge in [0.15, 0.2) is 0 Å². The lowest BCUT2D eigenvalue weighted by molar-refractivity contribution is 0.166. The first-order valence-electron chi connectivity index (χ1n) is 7.75. The molecular formula is C17H27ClN2O. The quantitative estimate of drug-likeness (QED) is 0.924. The summed E-state index contributed by atoms with van der Waals surface area (Å²) in [7, 11) is 4.02. The molecule has 0 amide bonds. The van der Waals surface area contributed by atoms with Crippen molar-refractivity contribution in [1.82, 2.24) is 10.2 Å². The highest BCUT2D eigenvalue weighted by Crippen LogP contribution is 2.30. The third-order valence-corrected chi connectivity index (χ3v) is 4.98. The van der Waals surface area contributed by atoms with Gasteiger partial charge in [-0.1, -0.05) is 12.1 Å². The average molecular weight is 311 g/mol. The van der Waals surface area contributed by atoms with Crippen molar-refractivity contribution in [3.05, 3.63) is 29.3 Å². The molecular weight excluding hydrogens is 284 g/mol. The number of rotatable bonds is 4. The van der Waals surface area contributed by atoms with Gasteiger partial charge in [-0.25, -0.2) is 0 Å². The topological polar surface area (TPSA) is 24.5 Å². The van der Waals surface area contributed by atoms with Crippen LogP contribution in [0, 0.1) is 6.92 Å². The lowest BCUT2D eigenvalue weighted by Crippen LogP contribution is -2.46. The molecule has 1 N–H and O–H groups in total. The highest BCUT2D eigenvalue weighted by atomic mass is 35.5. The van der Waals surface area contributed by atoms with E-state index >= 15 is 0 Å². The van der Waals surface area contributed by atoms with E-state index in [0.717, 1.165) is 30.4 Å². The Morgan fingerprint density at radius 2 is 1.90 bits per heavy atom. The summed E-state index contributed by atoms with van der Waals surface area (Å²) in [4.78, 5) is 2.52. The Balaban J connectivity index is 0.00000161. The predicted molar refractivity (Wildman–Crippen MR) is 89.4 cm³/mol. The van der Waals surface area contributed by atoms with E-state index in [9.17, 15) is 0 Å². The molecule has 2 heterocycles. The number of nitrogens with one attached hydrogen (secondary N) is 1. The molecule has 2 unspecified atom stereocenters. The average Bonchev–Trinajstić information content (AvgIpc) is 2.79. The van der Waals surface area contributed by atoms with Crippen molar-refractivity contribution in [3.63, 3.8) is 0 Å². The minimum absolute atomic E-state index is 0. The summed E-state index contributed by atoms with van der Waals surface area (Å²) in [5, 5.41) is 3.72. The Labute approximate surface area is 134 Å². The van der Waals surface area contributed by atoms with Crippen LogP contribution in [0.4, 0.5) is 0 Å². The van der Waals surface area contributed by atoms with Gasteiger partial charge in [0.2, 0.25) is 0 Å². The van der Waals surface area contributed by atoms with Crippen molar-refractivity contribution in [2.45, 2.75) is 57.3 Å². The lowest BCUT2D eigenvalue weighted by atomic mass is 9.98. The van der Waals surface area contributed by atoms with Gasteiger partial charge < -0.3 is 10.1 Å². The highest BCUT2D eigenvalue weighted by molar-refractivity contribution is 5.85. The molecule has 0 aliphatic carbocycles. The molecule has 118 valence electrons. The fraction of sp³-hybridized carbons (Fsp3) is 0.647. The van der Waals surface area contributed by atoms with Crippen molar-refractivity contribution in [3.8, 4) is 5.75 Å². The summed E-state index contributed by atoms with van der Waals surface area (Å²) >= 11 is 0. The van der Waals surface area contributed by atoms with E-state index in [1.807, 2.05) is 0 Å². The van der Waals surface area contributed by atoms with Gasteiger partial charge >= 0.3 is 0 Å². The molecule has 21 heavy (non-hydrogen) atoms. The maximum Gasteiger partial charge on any atom is 0.122 e. The number of benzene rings is 1. The summed E-state index contributed by atoms with van der Waals surface area (Å²) in [5.74, 6) is 1.00. The van der Waals surface area contributed by atoms with Crippen molar-refractivity contribution >= 4 is 12.4 Å². The number of methoxy groups -OCH3 is 1. The van der Waals surface area contributed by atoms with Gasteiger partial charge in [0.1, 0.15) is 5.75 Å². The molecule has 0 spiro atoms. The number of hydrogen-bond acceptors (Lipinski definition) is 3. The summed E-state index contributed by atoms with van der Waals surface area (Å²) in [6, 6.07) is 8.81. The fourth-order valence-corrected chi connectivity index (χ4v) is 3.77. The number of aryl methyl sites for hydroxylation is 1. The van der Waals surface area contributed by atoms with Gasteiger partial charge in [0.05, 0.1) is 7.11 Å². The molecule has 2 fully saturated rings. The van der Waals surface area contributed by atoms with Crippen LogP contribution in [0.1, 0.15) is 36.8 Å². The number of hydrogen-bond donors (Lipinski definition) is 1. The first-order valence-corrected chi connectivity index (χ1v) is 7.75. The van der Waals surface area contributed by atoms with Crippen LogP contribution in [0.5, 0.6) is 5.75 Å². The van der Waals surface area contributed by atoms with E-state index in [0.29, 0.717) is 0 Å². The second kappa shape index (κ2) is 6.99. The number of fused-ring (bicyclic) bond motifs is 2. The number of halogens is 1. The van der Waals surface area contributed by atoms with Crippen LogP contribution in [0.2, 0.25) is 0 Å². The molecule has 3 rings (SSSR count). The zero-order chi connectivity index (χ0) is 14.1. The van der Waals surface area contributed by atoms with E-state index in [-0.39, 0.29) is 12.4 Å². The molecule has 2 aliphatic heterocycles. The fourth-order valence-electron chi connectivity index (χ4n) is 3.77. The smallest absolute Gasteiger partial charge is 0.122 e. The van der Waals surface area contributed by atoms with Crippen LogP contribution in [-0.4, -0.2) is 37.2 Å². The third kappa shape index (κ3) is 3.71. The molecule has 0 saturated carbocycles. The Morgan fingerprint density at radius 1 is 1.24 bits per heavy atom. The lowest BCUT2D eigenvalue weighted by Gasteiger charge is -2.35. The van der Waals surface area contributed by atoms with Crippen LogP contribution < -0.4 is 10.1 Å².